The lowest BCUT2D eigenvalue weighted by molar-refractivity contribution is 0.208. The summed E-state index contributed by atoms with van der Waals surface area (Å²) < 4.78 is 0. The molecule has 0 amide bonds. The Labute approximate surface area is 101 Å². The van der Waals surface area contributed by atoms with Gasteiger partial charge in [-0.2, -0.15) is 0 Å². The van der Waals surface area contributed by atoms with Crippen molar-refractivity contribution >= 4 is 10.9 Å². The van der Waals surface area contributed by atoms with E-state index in [1.165, 1.54) is 0 Å². The first-order valence-electron chi connectivity index (χ1n) is 5.77. The van der Waals surface area contributed by atoms with Gasteiger partial charge in [0.15, 0.2) is 0 Å². The molecular formula is C14H18N2O. The van der Waals surface area contributed by atoms with Crippen molar-refractivity contribution in [1.29, 1.82) is 0 Å². The minimum absolute atomic E-state index is 0.0251. The van der Waals surface area contributed by atoms with E-state index in [-0.39, 0.29) is 6.61 Å². The number of nitrogens with zero attached hydrogens (tertiary/aromatic N) is 1. The highest BCUT2D eigenvalue weighted by molar-refractivity contribution is 5.82. The van der Waals surface area contributed by atoms with E-state index in [2.05, 4.69) is 4.98 Å². The van der Waals surface area contributed by atoms with Crippen molar-refractivity contribution < 1.29 is 5.11 Å². The molecule has 2 rings (SSSR count). The highest BCUT2D eigenvalue weighted by Gasteiger charge is 2.19. The quantitative estimate of drug-likeness (QED) is 0.845. The second-order valence-electron chi connectivity index (χ2n) is 4.93. The lowest BCUT2D eigenvalue weighted by atomic mass is 9.92. The molecule has 1 unspecified atom stereocenters. The molecule has 0 bridgehead atoms. The number of hydrogen-bond acceptors (Lipinski definition) is 3. The fraction of sp³-hybridized carbons (Fsp3) is 0.357. The molecule has 1 atom stereocenters. The number of pyridine rings is 1. The minimum Gasteiger partial charge on any atom is -0.394 e. The molecular weight excluding hydrogens is 212 g/mol. The van der Waals surface area contributed by atoms with Crippen LogP contribution < -0.4 is 5.73 Å². The largest absolute Gasteiger partial charge is 0.394 e. The number of aliphatic hydroxyl groups is 1. The molecule has 0 aliphatic heterocycles. The van der Waals surface area contributed by atoms with Crippen LogP contribution in [0.25, 0.3) is 10.9 Å². The van der Waals surface area contributed by atoms with Gasteiger partial charge in [0, 0.05) is 16.6 Å². The third-order valence-corrected chi connectivity index (χ3v) is 2.89. The van der Waals surface area contributed by atoms with Crippen molar-refractivity contribution in [1.82, 2.24) is 4.98 Å². The average Bonchev–Trinajstić information content (AvgIpc) is 2.28. The van der Waals surface area contributed by atoms with Gasteiger partial charge in [0.2, 0.25) is 0 Å². The van der Waals surface area contributed by atoms with Crippen LogP contribution in [0.2, 0.25) is 0 Å². The summed E-state index contributed by atoms with van der Waals surface area (Å²) in [5.74, 6) is 0. The lowest BCUT2D eigenvalue weighted by Gasteiger charge is -2.22. The fourth-order valence-electron chi connectivity index (χ4n) is 2.03. The molecule has 17 heavy (non-hydrogen) atoms. The topological polar surface area (TPSA) is 59.1 Å². The molecule has 90 valence electrons. The Bertz CT molecular complexity index is 535. The Kier molecular flexibility index (Phi) is 3.13. The molecule has 0 spiro atoms. The van der Waals surface area contributed by atoms with Gasteiger partial charge in [0.1, 0.15) is 0 Å². The summed E-state index contributed by atoms with van der Waals surface area (Å²) in [6, 6.07) is 10.1. The van der Waals surface area contributed by atoms with Crippen LogP contribution in [0.4, 0.5) is 0 Å². The van der Waals surface area contributed by atoms with E-state index in [1.807, 2.05) is 44.2 Å². The van der Waals surface area contributed by atoms with E-state index in [0.29, 0.717) is 6.42 Å². The van der Waals surface area contributed by atoms with Crippen LogP contribution in [0.5, 0.6) is 0 Å². The summed E-state index contributed by atoms with van der Waals surface area (Å²) in [5, 5.41) is 10.4. The van der Waals surface area contributed by atoms with E-state index in [1.54, 1.807) is 0 Å². The molecule has 3 heteroatoms. The Morgan fingerprint density at radius 2 is 2.06 bits per heavy atom. The molecule has 0 fully saturated rings. The zero-order valence-electron chi connectivity index (χ0n) is 10.3. The van der Waals surface area contributed by atoms with Crippen molar-refractivity contribution in [3.8, 4) is 0 Å². The minimum atomic E-state index is -0.587. The lowest BCUT2D eigenvalue weighted by Crippen LogP contribution is -2.42. The standard InChI is InChI=1S/C14H18N2O/c1-10-7-11(8-14(2,15)9-17)12-5-3-4-6-13(12)16-10/h3-7,17H,8-9,15H2,1-2H3. The van der Waals surface area contributed by atoms with Gasteiger partial charge in [-0.25, -0.2) is 0 Å². The van der Waals surface area contributed by atoms with Crippen molar-refractivity contribution in [2.75, 3.05) is 6.61 Å². The van der Waals surface area contributed by atoms with Gasteiger partial charge in [-0.3, -0.25) is 4.98 Å². The van der Waals surface area contributed by atoms with E-state index < -0.39 is 5.54 Å². The summed E-state index contributed by atoms with van der Waals surface area (Å²) in [7, 11) is 0. The summed E-state index contributed by atoms with van der Waals surface area (Å²) in [6.07, 6.45) is 0.646. The van der Waals surface area contributed by atoms with Gasteiger partial charge in [-0.05, 0) is 38.0 Å². The van der Waals surface area contributed by atoms with E-state index >= 15 is 0 Å². The van der Waals surface area contributed by atoms with Crippen LogP contribution in [-0.4, -0.2) is 22.2 Å². The average molecular weight is 230 g/mol. The summed E-state index contributed by atoms with van der Waals surface area (Å²) in [4.78, 5) is 4.49. The maximum Gasteiger partial charge on any atom is 0.0707 e. The number of aromatic nitrogens is 1. The van der Waals surface area contributed by atoms with Crippen molar-refractivity contribution in [2.45, 2.75) is 25.8 Å². The van der Waals surface area contributed by atoms with Gasteiger partial charge in [0.05, 0.1) is 12.1 Å². The van der Waals surface area contributed by atoms with Crippen LogP contribution in [0, 0.1) is 6.92 Å². The van der Waals surface area contributed by atoms with Gasteiger partial charge < -0.3 is 10.8 Å². The van der Waals surface area contributed by atoms with Crippen molar-refractivity contribution in [3.05, 3.63) is 41.6 Å². The number of nitrogens with two attached hydrogens (primary N) is 1. The third-order valence-electron chi connectivity index (χ3n) is 2.89. The van der Waals surface area contributed by atoms with Crippen molar-refractivity contribution in [2.24, 2.45) is 5.73 Å². The number of benzene rings is 1. The fourth-order valence-corrected chi connectivity index (χ4v) is 2.03. The van der Waals surface area contributed by atoms with E-state index in [4.69, 9.17) is 5.73 Å². The normalized spacial score (nSPS) is 14.8. The Morgan fingerprint density at radius 1 is 1.35 bits per heavy atom. The van der Waals surface area contributed by atoms with Crippen LogP contribution >= 0.6 is 0 Å². The van der Waals surface area contributed by atoms with Crippen LogP contribution in [0.1, 0.15) is 18.2 Å². The number of para-hydroxylation sites is 1. The first-order chi connectivity index (χ1) is 8.02. The first kappa shape index (κ1) is 12.0. The Balaban J connectivity index is 2.53. The molecule has 0 saturated carbocycles. The van der Waals surface area contributed by atoms with Crippen LogP contribution in [0.3, 0.4) is 0 Å². The zero-order valence-corrected chi connectivity index (χ0v) is 10.3. The molecule has 1 aromatic heterocycles. The smallest absolute Gasteiger partial charge is 0.0707 e. The summed E-state index contributed by atoms with van der Waals surface area (Å²) >= 11 is 0. The van der Waals surface area contributed by atoms with Crippen LogP contribution in [-0.2, 0) is 6.42 Å². The molecule has 0 aliphatic rings. The Morgan fingerprint density at radius 3 is 2.76 bits per heavy atom. The van der Waals surface area contributed by atoms with Gasteiger partial charge in [-0.15, -0.1) is 0 Å². The predicted octanol–water partition coefficient (Wildman–Crippen LogP) is 1.80. The monoisotopic (exact) mass is 230 g/mol. The SMILES string of the molecule is Cc1cc(CC(C)(N)CO)c2ccccc2n1. The number of fused-ring (bicyclic) bond motifs is 1. The number of aryl methyl sites for hydroxylation is 1. The van der Waals surface area contributed by atoms with E-state index in [9.17, 15) is 5.11 Å². The second kappa shape index (κ2) is 4.43. The molecule has 0 radical (unpaired) electrons. The zero-order chi connectivity index (χ0) is 12.5. The number of hydrogen-bond donors (Lipinski definition) is 2. The third kappa shape index (κ3) is 2.62. The highest BCUT2D eigenvalue weighted by Crippen LogP contribution is 2.21. The van der Waals surface area contributed by atoms with Gasteiger partial charge in [-0.1, -0.05) is 18.2 Å². The van der Waals surface area contributed by atoms with Crippen molar-refractivity contribution in [3.63, 3.8) is 0 Å². The Hall–Kier alpha value is -1.45. The highest BCUT2D eigenvalue weighted by atomic mass is 16.3. The molecule has 3 N–H and O–H groups in total. The first-order valence-corrected chi connectivity index (χ1v) is 5.77. The molecule has 3 nitrogen and oxygen atoms in total. The van der Waals surface area contributed by atoms with Crippen LogP contribution in [0.15, 0.2) is 30.3 Å². The molecule has 1 aromatic carbocycles. The van der Waals surface area contributed by atoms with Gasteiger partial charge >= 0.3 is 0 Å². The second-order valence-corrected chi connectivity index (χ2v) is 4.93. The van der Waals surface area contributed by atoms with E-state index in [0.717, 1.165) is 22.2 Å². The molecule has 0 aliphatic carbocycles. The molecule has 1 heterocycles. The number of rotatable bonds is 3. The molecule has 0 saturated heterocycles. The maximum absolute atomic E-state index is 9.26. The maximum atomic E-state index is 9.26. The molecule has 2 aromatic rings. The predicted molar refractivity (Wildman–Crippen MR) is 69.9 cm³/mol. The van der Waals surface area contributed by atoms with Gasteiger partial charge in [0.25, 0.3) is 0 Å². The summed E-state index contributed by atoms with van der Waals surface area (Å²) in [6.45, 7) is 3.81. The summed E-state index contributed by atoms with van der Waals surface area (Å²) in [5.41, 5.74) is 8.54. The number of aliphatic hydroxyl groups excluding tert-OH is 1.